The fourth-order valence-electron chi connectivity index (χ4n) is 2.24. The van der Waals surface area contributed by atoms with Crippen LogP contribution in [0.25, 0.3) is 0 Å². The van der Waals surface area contributed by atoms with Gasteiger partial charge in [0, 0.05) is 6.42 Å². The van der Waals surface area contributed by atoms with Gasteiger partial charge in [0.1, 0.15) is 24.2 Å². The predicted molar refractivity (Wildman–Crippen MR) is 71.2 cm³/mol. The van der Waals surface area contributed by atoms with Gasteiger partial charge in [-0.25, -0.2) is 0 Å². The number of benzene rings is 2. The van der Waals surface area contributed by atoms with Crippen molar-refractivity contribution in [1.29, 1.82) is 0 Å². The molecule has 0 radical (unpaired) electrons. The molecule has 0 saturated heterocycles. The Balaban J connectivity index is 1.60. The van der Waals surface area contributed by atoms with Crippen LogP contribution in [0.1, 0.15) is 11.1 Å². The second kappa shape index (κ2) is 4.73. The summed E-state index contributed by atoms with van der Waals surface area (Å²) in [6.45, 7) is 2.66. The number of rotatable bonds is 3. The van der Waals surface area contributed by atoms with Crippen LogP contribution in [-0.4, -0.2) is 12.7 Å². The molecule has 92 valence electrons. The van der Waals surface area contributed by atoms with Gasteiger partial charge in [-0.15, -0.1) is 0 Å². The third kappa shape index (κ3) is 2.33. The molecule has 18 heavy (non-hydrogen) atoms. The Bertz CT molecular complexity index is 523. The number of para-hydroxylation sites is 1. The Labute approximate surface area is 107 Å². The van der Waals surface area contributed by atoms with Crippen molar-refractivity contribution >= 4 is 0 Å². The predicted octanol–water partition coefficient (Wildman–Crippen LogP) is 3.38. The minimum Gasteiger partial charge on any atom is -0.490 e. The number of aryl methyl sites for hydroxylation is 1. The monoisotopic (exact) mass is 240 g/mol. The zero-order valence-electron chi connectivity index (χ0n) is 10.4. The van der Waals surface area contributed by atoms with Crippen molar-refractivity contribution in [2.75, 3.05) is 6.61 Å². The zero-order valence-corrected chi connectivity index (χ0v) is 10.4. The quantitative estimate of drug-likeness (QED) is 0.818. The van der Waals surface area contributed by atoms with E-state index in [4.69, 9.17) is 9.47 Å². The first-order chi connectivity index (χ1) is 8.81. The van der Waals surface area contributed by atoms with E-state index in [1.807, 2.05) is 36.4 Å². The molecule has 0 saturated carbocycles. The SMILES string of the molecule is Cc1cccc(OCC2Cc3ccccc3O2)c1. The minimum absolute atomic E-state index is 0.128. The highest BCUT2D eigenvalue weighted by atomic mass is 16.5. The molecule has 1 aliphatic heterocycles. The average molecular weight is 240 g/mol. The summed E-state index contributed by atoms with van der Waals surface area (Å²) in [5.41, 5.74) is 2.48. The molecule has 0 aliphatic carbocycles. The summed E-state index contributed by atoms with van der Waals surface area (Å²) >= 11 is 0. The minimum atomic E-state index is 0.128. The molecular formula is C16H16O2. The molecule has 1 heterocycles. The van der Waals surface area contributed by atoms with Gasteiger partial charge in [-0.2, -0.15) is 0 Å². The van der Waals surface area contributed by atoms with Gasteiger partial charge in [0.05, 0.1) is 0 Å². The lowest BCUT2D eigenvalue weighted by Gasteiger charge is -2.12. The van der Waals surface area contributed by atoms with Crippen LogP contribution in [0, 0.1) is 6.92 Å². The first kappa shape index (κ1) is 11.1. The molecule has 2 aromatic rings. The summed E-state index contributed by atoms with van der Waals surface area (Å²) in [6.07, 6.45) is 1.06. The molecule has 0 bridgehead atoms. The Kier molecular flexibility index (Phi) is 2.93. The zero-order chi connectivity index (χ0) is 12.4. The number of hydrogen-bond donors (Lipinski definition) is 0. The van der Waals surface area contributed by atoms with Gasteiger partial charge in [0.2, 0.25) is 0 Å². The largest absolute Gasteiger partial charge is 0.490 e. The molecule has 1 atom stereocenters. The van der Waals surface area contributed by atoms with Crippen LogP contribution in [0.2, 0.25) is 0 Å². The molecule has 0 spiro atoms. The van der Waals surface area contributed by atoms with Gasteiger partial charge >= 0.3 is 0 Å². The third-order valence-corrected chi connectivity index (χ3v) is 3.14. The van der Waals surface area contributed by atoms with E-state index < -0.39 is 0 Å². The Morgan fingerprint density at radius 3 is 2.89 bits per heavy atom. The molecule has 3 rings (SSSR count). The van der Waals surface area contributed by atoms with Crippen LogP contribution in [0.4, 0.5) is 0 Å². The second-order valence-corrected chi connectivity index (χ2v) is 4.68. The molecule has 2 aromatic carbocycles. The van der Waals surface area contributed by atoms with Gasteiger partial charge in [0.15, 0.2) is 0 Å². The van der Waals surface area contributed by atoms with Crippen LogP contribution in [0.5, 0.6) is 11.5 Å². The highest BCUT2D eigenvalue weighted by Gasteiger charge is 2.22. The van der Waals surface area contributed by atoms with Crippen molar-refractivity contribution in [3.8, 4) is 11.5 Å². The highest BCUT2D eigenvalue weighted by Crippen LogP contribution is 2.28. The van der Waals surface area contributed by atoms with Crippen molar-refractivity contribution in [3.05, 3.63) is 59.7 Å². The molecule has 1 aliphatic rings. The first-order valence-electron chi connectivity index (χ1n) is 6.25. The molecular weight excluding hydrogens is 224 g/mol. The lowest BCUT2D eigenvalue weighted by Crippen LogP contribution is -2.22. The number of hydrogen-bond acceptors (Lipinski definition) is 2. The molecule has 0 fully saturated rings. The van der Waals surface area contributed by atoms with Crippen molar-refractivity contribution < 1.29 is 9.47 Å². The van der Waals surface area contributed by atoms with Crippen molar-refractivity contribution in [1.82, 2.24) is 0 Å². The molecule has 0 N–H and O–H groups in total. The Morgan fingerprint density at radius 2 is 2.06 bits per heavy atom. The Hall–Kier alpha value is -1.96. The van der Waals surface area contributed by atoms with E-state index in [2.05, 4.69) is 19.1 Å². The van der Waals surface area contributed by atoms with Crippen molar-refractivity contribution in [3.63, 3.8) is 0 Å². The van der Waals surface area contributed by atoms with Gasteiger partial charge in [-0.1, -0.05) is 30.3 Å². The van der Waals surface area contributed by atoms with Crippen LogP contribution in [0.15, 0.2) is 48.5 Å². The summed E-state index contributed by atoms with van der Waals surface area (Å²) in [4.78, 5) is 0. The van der Waals surface area contributed by atoms with E-state index in [0.29, 0.717) is 6.61 Å². The molecule has 0 amide bonds. The first-order valence-corrected chi connectivity index (χ1v) is 6.25. The normalized spacial score (nSPS) is 17.1. The molecule has 0 aromatic heterocycles. The van der Waals surface area contributed by atoms with Gasteiger partial charge < -0.3 is 9.47 Å². The maximum atomic E-state index is 5.83. The Morgan fingerprint density at radius 1 is 1.17 bits per heavy atom. The van der Waals surface area contributed by atoms with Crippen molar-refractivity contribution in [2.45, 2.75) is 19.4 Å². The van der Waals surface area contributed by atoms with Gasteiger partial charge in [0.25, 0.3) is 0 Å². The topological polar surface area (TPSA) is 18.5 Å². The van der Waals surface area contributed by atoms with Gasteiger partial charge in [-0.3, -0.25) is 0 Å². The lowest BCUT2D eigenvalue weighted by molar-refractivity contribution is 0.148. The van der Waals surface area contributed by atoms with E-state index in [-0.39, 0.29) is 6.10 Å². The molecule has 2 nitrogen and oxygen atoms in total. The highest BCUT2D eigenvalue weighted by molar-refractivity contribution is 5.37. The standard InChI is InChI=1S/C16H16O2/c1-12-5-4-7-14(9-12)17-11-15-10-13-6-2-3-8-16(13)18-15/h2-9,15H,10-11H2,1H3. The molecule has 1 unspecified atom stereocenters. The maximum absolute atomic E-state index is 5.83. The van der Waals surface area contributed by atoms with E-state index in [9.17, 15) is 0 Å². The van der Waals surface area contributed by atoms with Crippen LogP contribution < -0.4 is 9.47 Å². The average Bonchev–Trinajstić information content (AvgIpc) is 2.79. The third-order valence-electron chi connectivity index (χ3n) is 3.14. The molecule has 2 heteroatoms. The van der Waals surface area contributed by atoms with Crippen LogP contribution >= 0.6 is 0 Å². The van der Waals surface area contributed by atoms with E-state index in [0.717, 1.165) is 17.9 Å². The summed E-state index contributed by atoms with van der Waals surface area (Å²) < 4.78 is 11.6. The smallest absolute Gasteiger partial charge is 0.137 e. The van der Waals surface area contributed by atoms with E-state index in [1.165, 1.54) is 11.1 Å². The van der Waals surface area contributed by atoms with Gasteiger partial charge in [-0.05, 0) is 36.2 Å². The van der Waals surface area contributed by atoms with E-state index in [1.54, 1.807) is 0 Å². The van der Waals surface area contributed by atoms with Crippen molar-refractivity contribution in [2.24, 2.45) is 0 Å². The summed E-state index contributed by atoms with van der Waals surface area (Å²) in [5, 5.41) is 0. The lowest BCUT2D eigenvalue weighted by atomic mass is 10.1. The number of ether oxygens (including phenoxy) is 2. The van der Waals surface area contributed by atoms with Crippen LogP contribution in [0.3, 0.4) is 0 Å². The maximum Gasteiger partial charge on any atom is 0.137 e. The van der Waals surface area contributed by atoms with Crippen LogP contribution in [-0.2, 0) is 6.42 Å². The number of fused-ring (bicyclic) bond motifs is 1. The van der Waals surface area contributed by atoms with E-state index >= 15 is 0 Å². The summed E-state index contributed by atoms with van der Waals surface area (Å²) in [7, 11) is 0. The second-order valence-electron chi connectivity index (χ2n) is 4.68. The fourth-order valence-corrected chi connectivity index (χ4v) is 2.24. The summed E-state index contributed by atoms with van der Waals surface area (Å²) in [5.74, 6) is 1.91. The summed E-state index contributed by atoms with van der Waals surface area (Å²) in [6, 6.07) is 16.3. The fraction of sp³-hybridized carbons (Fsp3) is 0.250.